The van der Waals surface area contributed by atoms with Crippen molar-refractivity contribution in [1.29, 1.82) is 0 Å². The molecule has 2 heteroatoms. The van der Waals surface area contributed by atoms with Gasteiger partial charge in [-0.25, -0.2) is 0 Å². The fraction of sp³-hybridized carbons (Fsp3) is 0.0566. The Hall–Kier alpha value is -6.90. The molecule has 0 spiro atoms. The van der Waals surface area contributed by atoms with Crippen LogP contribution in [0.2, 0.25) is 0 Å². The molecular formula is C53H34N2. The van der Waals surface area contributed by atoms with E-state index < -0.39 is 0 Å². The minimum absolute atomic E-state index is 0.147. The van der Waals surface area contributed by atoms with E-state index in [1.54, 1.807) is 0 Å². The highest BCUT2D eigenvalue weighted by Gasteiger charge is 2.36. The van der Waals surface area contributed by atoms with Crippen LogP contribution in [-0.2, 0) is 5.41 Å². The van der Waals surface area contributed by atoms with E-state index >= 15 is 0 Å². The number of aromatic nitrogens is 2. The van der Waals surface area contributed by atoms with Crippen LogP contribution >= 0.6 is 0 Å². The number of hydrogen-bond donors (Lipinski definition) is 0. The van der Waals surface area contributed by atoms with Gasteiger partial charge in [-0.3, -0.25) is 0 Å². The Kier molecular flexibility index (Phi) is 5.47. The van der Waals surface area contributed by atoms with E-state index in [-0.39, 0.29) is 5.41 Å². The Labute approximate surface area is 317 Å². The first-order valence-corrected chi connectivity index (χ1v) is 19.3. The average molecular weight is 699 g/mol. The first-order chi connectivity index (χ1) is 27.0. The summed E-state index contributed by atoms with van der Waals surface area (Å²) in [5, 5.41) is 13.1. The minimum atomic E-state index is -0.147. The largest absolute Gasteiger partial charge is 0.309 e. The summed E-state index contributed by atoms with van der Waals surface area (Å²) in [6, 6.07) is 63.9. The van der Waals surface area contributed by atoms with Crippen LogP contribution in [0.4, 0.5) is 0 Å². The summed E-state index contributed by atoms with van der Waals surface area (Å²) in [4.78, 5) is 0. The van der Waals surface area contributed by atoms with Crippen molar-refractivity contribution in [2.24, 2.45) is 0 Å². The third kappa shape index (κ3) is 3.78. The lowest BCUT2D eigenvalue weighted by molar-refractivity contribution is 0.660. The van der Waals surface area contributed by atoms with Gasteiger partial charge in [0.25, 0.3) is 0 Å². The molecule has 0 radical (unpaired) electrons. The zero-order valence-corrected chi connectivity index (χ0v) is 30.6. The Morgan fingerprint density at radius 1 is 0.327 bits per heavy atom. The van der Waals surface area contributed by atoms with Gasteiger partial charge in [0.05, 0.1) is 22.1 Å². The SMILES string of the molecule is CC1(C)c2cc(-c3ccc4cc(-n5c6cccc7ccc8cccc5c8c76)ccc4c3)ccc2-c2ccc(-n3c4cccc5ccc6cccc3c6c54)cc21. The predicted octanol–water partition coefficient (Wildman–Crippen LogP) is 14.2. The summed E-state index contributed by atoms with van der Waals surface area (Å²) in [7, 11) is 0. The minimum Gasteiger partial charge on any atom is -0.309 e. The molecule has 2 heterocycles. The van der Waals surface area contributed by atoms with Crippen LogP contribution in [0, 0.1) is 0 Å². The molecule has 55 heavy (non-hydrogen) atoms. The van der Waals surface area contributed by atoms with Crippen molar-refractivity contribution in [2.45, 2.75) is 19.3 Å². The van der Waals surface area contributed by atoms with Crippen LogP contribution in [0.25, 0.3) is 110 Å². The van der Waals surface area contributed by atoms with Crippen LogP contribution in [0.3, 0.4) is 0 Å². The Balaban J connectivity index is 0.898. The quantitative estimate of drug-likeness (QED) is 0.163. The van der Waals surface area contributed by atoms with Crippen LogP contribution in [-0.4, -0.2) is 9.13 Å². The monoisotopic (exact) mass is 698 g/mol. The molecule has 13 rings (SSSR count). The Bertz CT molecular complexity index is 3440. The van der Waals surface area contributed by atoms with Gasteiger partial charge in [-0.2, -0.15) is 0 Å². The zero-order chi connectivity index (χ0) is 36.2. The van der Waals surface area contributed by atoms with Gasteiger partial charge in [0.2, 0.25) is 0 Å². The summed E-state index contributed by atoms with van der Waals surface area (Å²) < 4.78 is 4.91. The Morgan fingerprint density at radius 2 is 0.709 bits per heavy atom. The molecule has 10 aromatic carbocycles. The maximum atomic E-state index is 2.47. The molecular weight excluding hydrogens is 665 g/mol. The van der Waals surface area contributed by atoms with Crippen molar-refractivity contribution in [3.63, 3.8) is 0 Å². The molecule has 256 valence electrons. The van der Waals surface area contributed by atoms with Crippen molar-refractivity contribution in [1.82, 2.24) is 9.13 Å². The third-order valence-electron chi connectivity index (χ3n) is 13.0. The molecule has 0 aliphatic heterocycles. The molecule has 2 aromatic heterocycles. The van der Waals surface area contributed by atoms with E-state index in [0.717, 1.165) is 0 Å². The lowest BCUT2D eigenvalue weighted by Crippen LogP contribution is -2.15. The van der Waals surface area contributed by atoms with Gasteiger partial charge < -0.3 is 9.13 Å². The van der Waals surface area contributed by atoms with Gasteiger partial charge >= 0.3 is 0 Å². The van der Waals surface area contributed by atoms with Crippen LogP contribution in [0.15, 0.2) is 170 Å². The van der Waals surface area contributed by atoms with Crippen molar-refractivity contribution in [3.8, 4) is 33.6 Å². The first-order valence-electron chi connectivity index (χ1n) is 19.3. The maximum Gasteiger partial charge on any atom is 0.0547 e. The van der Waals surface area contributed by atoms with Crippen molar-refractivity contribution in [2.75, 3.05) is 0 Å². The standard InChI is InChI=1S/C53H34N2/c1-53(2)43-29-38(22-25-41(43)42-26-24-40(30-44(42)53)55-47-13-5-9-33-17-18-34-10-6-14-48(55)52(34)51(33)47)35-19-20-37-28-39(23-21-36(37)27-35)54-45-11-3-7-31-15-16-32-8-4-12-46(54)50(32)49(31)45/h3-30H,1-2H3. The molecule has 12 aromatic rings. The summed E-state index contributed by atoms with van der Waals surface area (Å²) in [5.74, 6) is 0. The van der Waals surface area contributed by atoms with Crippen molar-refractivity contribution < 1.29 is 0 Å². The lowest BCUT2D eigenvalue weighted by atomic mass is 9.81. The average Bonchev–Trinajstić information content (AvgIpc) is 3.83. The van der Waals surface area contributed by atoms with Crippen LogP contribution in [0.5, 0.6) is 0 Å². The maximum absolute atomic E-state index is 2.47. The summed E-state index contributed by atoms with van der Waals surface area (Å²) in [6.45, 7) is 4.79. The van der Waals surface area contributed by atoms with Gasteiger partial charge in [0.1, 0.15) is 0 Å². The highest BCUT2D eigenvalue weighted by molar-refractivity contribution is 6.25. The number of fused-ring (bicyclic) bond motifs is 4. The number of benzene rings is 10. The summed E-state index contributed by atoms with van der Waals surface area (Å²) in [5.41, 5.74) is 15.3. The van der Waals surface area contributed by atoms with Gasteiger partial charge in [-0.1, -0.05) is 123 Å². The molecule has 1 aliphatic carbocycles. The molecule has 0 atom stereocenters. The number of hydrogen-bond acceptors (Lipinski definition) is 0. The smallest absolute Gasteiger partial charge is 0.0547 e. The zero-order valence-electron chi connectivity index (χ0n) is 30.6. The third-order valence-corrected chi connectivity index (χ3v) is 13.0. The predicted molar refractivity (Wildman–Crippen MR) is 233 cm³/mol. The first kappa shape index (κ1) is 29.5. The van der Waals surface area contributed by atoms with Crippen LogP contribution < -0.4 is 0 Å². The van der Waals surface area contributed by atoms with E-state index in [4.69, 9.17) is 0 Å². The van der Waals surface area contributed by atoms with E-state index in [9.17, 15) is 0 Å². The highest BCUT2D eigenvalue weighted by Crippen LogP contribution is 2.51. The fourth-order valence-corrected chi connectivity index (χ4v) is 10.4. The van der Waals surface area contributed by atoms with Crippen LogP contribution in [0.1, 0.15) is 25.0 Å². The molecule has 0 fully saturated rings. The van der Waals surface area contributed by atoms with E-state index in [1.165, 1.54) is 121 Å². The second-order valence-electron chi connectivity index (χ2n) is 16.2. The van der Waals surface area contributed by atoms with Gasteiger partial charge in [-0.15, -0.1) is 0 Å². The lowest BCUT2D eigenvalue weighted by Gasteiger charge is -2.23. The molecule has 0 unspecified atom stereocenters. The number of rotatable bonds is 3. The van der Waals surface area contributed by atoms with Gasteiger partial charge in [0.15, 0.2) is 0 Å². The van der Waals surface area contributed by atoms with E-state index in [1.807, 2.05) is 0 Å². The highest BCUT2D eigenvalue weighted by atomic mass is 15.0. The van der Waals surface area contributed by atoms with Crippen molar-refractivity contribution in [3.05, 3.63) is 181 Å². The van der Waals surface area contributed by atoms with E-state index in [2.05, 4.69) is 193 Å². The fourth-order valence-electron chi connectivity index (χ4n) is 10.4. The van der Waals surface area contributed by atoms with E-state index in [0.29, 0.717) is 0 Å². The topological polar surface area (TPSA) is 9.86 Å². The molecule has 0 bridgehead atoms. The molecule has 0 amide bonds. The number of nitrogens with zero attached hydrogens (tertiary/aromatic N) is 2. The molecule has 0 saturated heterocycles. The second-order valence-corrected chi connectivity index (χ2v) is 16.2. The Morgan fingerprint density at radius 3 is 1.25 bits per heavy atom. The molecule has 2 nitrogen and oxygen atoms in total. The molecule has 0 N–H and O–H groups in total. The second kappa shape index (κ2) is 10.2. The van der Waals surface area contributed by atoms with Gasteiger partial charge in [0, 0.05) is 38.3 Å². The van der Waals surface area contributed by atoms with Crippen molar-refractivity contribution >= 4 is 75.9 Å². The van der Waals surface area contributed by atoms with Gasteiger partial charge in [-0.05, 0) is 126 Å². The summed E-state index contributed by atoms with van der Waals surface area (Å²) in [6.07, 6.45) is 0. The summed E-state index contributed by atoms with van der Waals surface area (Å²) >= 11 is 0. The normalized spacial score (nSPS) is 13.8. The molecule has 1 aliphatic rings. The molecule has 0 saturated carbocycles.